The van der Waals surface area contributed by atoms with Gasteiger partial charge in [-0.25, -0.2) is 14.4 Å². The number of phenolic OH excluding ortho intramolecular Hbond substituents is 2. The van der Waals surface area contributed by atoms with Crippen LogP contribution in [0.1, 0.15) is 5.56 Å². The van der Waals surface area contributed by atoms with Gasteiger partial charge in [0.15, 0.2) is 23.7 Å². The average molecular weight is 372 g/mol. The number of benzene rings is 1. The molecule has 0 aliphatic heterocycles. The number of carbonyl (C=O) groups is 3. The molecule has 0 bridgehead atoms. The van der Waals surface area contributed by atoms with Crippen LogP contribution in [0, 0.1) is 0 Å². The van der Waals surface area contributed by atoms with E-state index in [1.54, 1.807) is 0 Å². The molecule has 1 aromatic carbocycles. The number of carboxylic acids is 1. The molecule has 7 N–H and O–H groups in total. The number of rotatable bonds is 7. The van der Waals surface area contributed by atoms with Gasteiger partial charge in [0.25, 0.3) is 0 Å². The Morgan fingerprint density at radius 3 is 2.04 bits per heavy atom. The van der Waals surface area contributed by atoms with Crippen LogP contribution in [0.2, 0.25) is 0 Å². The molecule has 11 nitrogen and oxygen atoms in total. The van der Waals surface area contributed by atoms with Gasteiger partial charge in [0.05, 0.1) is 0 Å². The number of aromatic hydroxyl groups is 2. The summed E-state index contributed by atoms with van der Waals surface area (Å²) in [6.07, 6.45) is -8.01. The number of ether oxygens (including phenoxy) is 1. The van der Waals surface area contributed by atoms with Crippen LogP contribution in [-0.4, -0.2) is 78.1 Å². The molecule has 0 fully saturated rings. The van der Waals surface area contributed by atoms with Crippen molar-refractivity contribution < 1.29 is 54.9 Å². The smallest absolute Gasteiger partial charge is 0.345 e. The number of hydrogen-bond donors (Lipinski definition) is 7. The van der Waals surface area contributed by atoms with Crippen molar-refractivity contribution in [2.75, 3.05) is 0 Å². The molecule has 4 atom stereocenters. The molecule has 0 heterocycles. The maximum atomic E-state index is 11.5. The molecule has 0 amide bonds. The molecule has 0 aliphatic carbocycles. The normalized spacial score (nSPS) is 15.8. The molecule has 1 rings (SSSR count). The zero-order valence-electron chi connectivity index (χ0n) is 13.0. The van der Waals surface area contributed by atoms with Crippen molar-refractivity contribution in [1.29, 1.82) is 0 Å². The van der Waals surface area contributed by atoms with Crippen LogP contribution in [0.4, 0.5) is 0 Å². The van der Waals surface area contributed by atoms with E-state index in [1.807, 2.05) is 0 Å². The minimum absolute atomic E-state index is 0.255. The molecule has 0 saturated heterocycles. The highest BCUT2D eigenvalue weighted by Gasteiger charge is 2.38. The summed E-state index contributed by atoms with van der Waals surface area (Å²) in [6, 6.07) is 3.56. The van der Waals surface area contributed by atoms with Gasteiger partial charge < -0.3 is 40.5 Å². The molecule has 11 heteroatoms. The highest BCUT2D eigenvalue weighted by Crippen LogP contribution is 2.25. The highest BCUT2D eigenvalue weighted by atomic mass is 16.6. The van der Waals surface area contributed by atoms with Crippen LogP contribution < -0.4 is 0 Å². The fourth-order valence-corrected chi connectivity index (χ4v) is 1.66. The fraction of sp³-hybridized carbons (Fsp3) is 0.267. The first kappa shape index (κ1) is 21.1. The van der Waals surface area contributed by atoms with E-state index < -0.39 is 48.1 Å². The fourth-order valence-electron chi connectivity index (χ4n) is 1.66. The molecule has 142 valence electrons. The van der Waals surface area contributed by atoms with Gasteiger partial charge in [0, 0.05) is 6.08 Å². The first-order valence-corrected chi connectivity index (χ1v) is 6.95. The molecule has 26 heavy (non-hydrogen) atoms. The Balaban J connectivity index is 2.67. The van der Waals surface area contributed by atoms with Gasteiger partial charge in [-0.2, -0.15) is 0 Å². The zero-order valence-corrected chi connectivity index (χ0v) is 13.0. The lowest BCUT2D eigenvalue weighted by atomic mass is 10.0. The predicted octanol–water partition coefficient (Wildman–Crippen LogP) is -2.29. The first-order valence-electron chi connectivity index (χ1n) is 6.95. The molecule has 0 saturated carbocycles. The number of hydrogen-bond acceptors (Lipinski definition) is 10. The lowest BCUT2D eigenvalue weighted by Gasteiger charge is -2.22. The average Bonchev–Trinajstić information content (AvgIpc) is 2.59. The third-order valence-corrected chi connectivity index (χ3v) is 3.10. The molecule has 1 aromatic rings. The number of esters is 2. The Kier molecular flexibility index (Phi) is 7.22. The van der Waals surface area contributed by atoms with Crippen molar-refractivity contribution in [3.05, 3.63) is 29.8 Å². The molecule has 0 radical (unpaired) electrons. The Morgan fingerprint density at radius 2 is 1.50 bits per heavy atom. The first-order chi connectivity index (χ1) is 12.0. The predicted molar refractivity (Wildman–Crippen MR) is 81.6 cm³/mol. The SMILES string of the molecule is O=C(C=Cc1ccc(O)c(O)c1)OC(=O)C(O)C(O)C(O)C(O)C(=O)O. The summed E-state index contributed by atoms with van der Waals surface area (Å²) in [6.45, 7) is 0. The van der Waals surface area contributed by atoms with Gasteiger partial charge >= 0.3 is 17.9 Å². The number of aliphatic hydroxyl groups is 4. The Bertz CT molecular complexity index is 712. The van der Waals surface area contributed by atoms with Crippen LogP contribution in [-0.2, 0) is 19.1 Å². The van der Waals surface area contributed by atoms with Gasteiger partial charge in [0.1, 0.15) is 12.2 Å². The van der Waals surface area contributed by atoms with E-state index >= 15 is 0 Å². The minimum Gasteiger partial charge on any atom is -0.504 e. The van der Waals surface area contributed by atoms with Crippen molar-refractivity contribution in [1.82, 2.24) is 0 Å². The molecule has 0 aromatic heterocycles. The summed E-state index contributed by atoms with van der Waals surface area (Å²) >= 11 is 0. The molecular weight excluding hydrogens is 356 g/mol. The van der Waals surface area contributed by atoms with Gasteiger partial charge in [-0.1, -0.05) is 6.07 Å². The van der Waals surface area contributed by atoms with Crippen LogP contribution in [0.15, 0.2) is 24.3 Å². The summed E-state index contributed by atoms with van der Waals surface area (Å²) in [5, 5.41) is 64.2. The second-order valence-corrected chi connectivity index (χ2v) is 5.03. The quantitative estimate of drug-likeness (QED) is 0.117. The standard InChI is InChI=1S/C15H16O11/c16-7-3-1-6(5-8(7)17)2-4-9(18)26-15(25)13(22)11(20)10(19)12(21)14(23)24/h1-5,10-13,16-17,19-22H,(H,23,24). The maximum Gasteiger partial charge on any atom is 0.345 e. The van der Waals surface area contributed by atoms with Gasteiger partial charge in [0.2, 0.25) is 0 Å². The third kappa shape index (κ3) is 5.53. The molecule has 0 aliphatic rings. The summed E-state index contributed by atoms with van der Waals surface area (Å²) in [4.78, 5) is 33.4. The Morgan fingerprint density at radius 1 is 0.923 bits per heavy atom. The van der Waals surface area contributed by atoms with Crippen LogP contribution >= 0.6 is 0 Å². The Labute approximate surface area is 145 Å². The van der Waals surface area contributed by atoms with Crippen LogP contribution in [0.25, 0.3) is 6.08 Å². The summed E-state index contributed by atoms with van der Waals surface area (Å²) in [5.74, 6) is -5.74. The van der Waals surface area contributed by atoms with Gasteiger partial charge in [-0.05, 0) is 23.8 Å². The van der Waals surface area contributed by atoms with Crippen molar-refractivity contribution in [3.63, 3.8) is 0 Å². The van der Waals surface area contributed by atoms with Crippen LogP contribution in [0.5, 0.6) is 11.5 Å². The second-order valence-electron chi connectivity index (χ2n) is 5.03. The van der Waals surface area contributed by atoms with E-state index in [2.05, 4.69) is 4.74 Å². The maximum absolute atomic E-state index is 11.5. The largest absolute Gasteiger partial charge is 0.504 e. The number of carbonyl (C=O) groups excluding carboxylic acids is 2. The number of phenols is 2. The summed E-state index contributed by atoms with van der Waals surface area (Å²) in [5.41, 5.74) is 0.255. The van der Waals surface area contributed by atoms with Gasteiger partial charge in [-0.3, -0.25) is 0 Å². The van der Waals surface area contributed by atoms with E-state index in [-0.39, 0.29) is 11.3 Å². The van der Waals surface area contributed by atoms with Crippen molar-refractivity contribution in [2.45, 2.75) is 24.4 Å². The minimum atomic E-state index is -2.51. The van der Waals surface area contributed by atoms with Crippen molar-refractivity contribution in [3.8, 4) is 11.5 Å². The highest BCUT2D eigenvalue weighted by molar-refractivity contribution is 5.96. The summed E-state index contributed by atoms with van der Waals surface area (Å²) < 4.78 is 4.17. The van der Waals surface area contributed by atoms with E-state index in [9.17, 15) is 34.8 Å². The second kappa shape index (κ2) is 8.92. The van der Waals surface area contributed by atoms with E-state index in [0.717, 1.165) is 24.3 Å². The lowest BCUT2D eigenvalue weighted by Crippen LogP contribution is -2.50. The van der Waals surface area contributed by atoms with E-state index in [1.165, 1.54) is 6.07 Å². The molecule has 4 unspecified atom stereocenters. The number of aliphatic hydroxyl groups excluding tert-OH is 4. The van der Waals surface area contributed by atoms with Crippen LogP contribution in [0.3, 0.4) is 0 Å². The molecular formula is C15H16O11. The third-order valence-electron chi connectivity index (χ3n) is 3.10. The Hall–Kier alpha value is -2.99. The monoisotopic (exact) mass is 372 g/mol. The van der Waals surface area contributed by atoms with E-state index in [0.29, 0.717) is 0 Å². The summed E-state index contributed by atoms with van der Waals surface area (Å²) in [7, 11) is 0. The van der Waals surface area contributed by atoms with Gasteiger partial charge in [-0.15, -0.1) is 0 Å². The van der Waals surface area contributed by atoms with Crippen molar-refractivity contribution >= 4 is 24.0 Å². The van der Waals surface area contributed by atoms with Crippen molar-refractivity contribution in [2.24, 2.45) is 0 Å². The van der Waals surface area contributed by atoms with E-state index in [4.69, 9.17) is 15.3 Å². The lowest BCUT2D eigenvalue weighted by molar-refractivity contribution is -0.178. The topological polar surface area (TPSA) is 202 Å². The molecule has 0 spiro atoms. The zero-order chi connectivity index (χ0) is 20.0. The number of aliphatic carboxylic acids is 1. The number of carboxylic acid groups (broad SMARTS) is 1.